The Hall–Kier alpha value is -2.97. The molecule has 0 fully saturated rings. The summed E-state index contributed by atoms with van der Waals surface area (Å²) < 4.78 is 37.1. The molecule has 2 heterocycles. The van der Waals surface area contributed by atoms with Gasteiger partial charge in [-0.15, -0.1) is 0 Å². The van der Waals surface area contributed by atoms with E-state index in [1.165, 1.54) is 5.56 Å². The van der Waals surface area contributed by atoms with E-state index in [4.69, 9.17) is 25.0 Å². The zero-order valence-electron chi connectivity index (χ0n) is 20.7. The number of halogens is 2. The van der Waals surface area contributed by atoms with Gasteiger partial charge in [-0.1, -0.05) is 18.2 Å². The van der Waals surface area contributed by atoms with Crippen LogP contribution in [0.1, 0.15) is 28.7 Å². The lowest BCUT2D eigenvalue weighted by Gasteiger charge is -2.16. The SMILES string of the molecule is Cc1ccc2c(c1)nc(N)c1ncc(CCc3ccc(OCCOCCC(F)(F)P(O)O)cc3C)cc12. The van der Waals surface area contributed by atoms with Gasteiger partial charge in [0.1, 0.15) is 17.9 Å². The van der Waals surface area contributed by atoms with E-state index in [0.29, 0.717) is 17.1 Å². The molecule has 2 aromatic carbocycles. The molecule has 0 saturated carbocycles. The molecule has 0 bridgehead atoms. The van der Waals surface area contributed by atoms with Crippen molar-refractivity contribution in [2.45, 2.75) is 38.8 Å². The summed E-state index contributed by atoms with van der Waals surface area (Å²) in [6, 6.07) is 14.1. The first-order valence-corrected chi connectivity index (χ1v) is 13.2. The summed E-state index contributed by atoms with van der Waals surface area (Å²) in [6.07, 6.45) is 2.74. The summed E-state index contributed by atoms with van der Waals surface area (Å²) in [6.45, 7) is 4.08. The number of benzene rings is 2. The van der Waals surface area contributed by atoms with Crippen molar-refractivity contribution in [2.75, 3.05) is 25.6 Å². The molecule has 0 aliphatic carbocycles. The van der Waals surface area contributed by atoms with Crippen molar-refractivity contribution in [3.8, 4) is 5.75 Å². The molecular weight excluding hydrogens is 499 g/mol. The molecule has 0 amide bonds. The first-order chi connectivity index (χ1) is 17.6. The van der Waals surface area contributed by atoms with Gasteiger partial charge in [-0.25, -0.2) is 4.98 Å². The van der Waals surface area contributed by atoms with Gasteiger partial charge >= 0.3 is 5.66 Å². The minimum absolute atomic E-state index is 0.120. The lowest BCUT2D eigenvalue weighted by molar-refractivity contribution is 0.0186. The van der Waals surface area contributed by atoms with Crippen LogP contribution < -0.4 is 10.5 Å². The fourth-order valence-electron chi connectivity index (χ4n) is 4.13. The molecule has 196 valence electrons. The highest BCUT2D eigenvalue weighted by atomic mass is 31.2. The molecule has 0 atom stereocenters. The fourth-order valence-corrected chi connectivity index (χ4v) is 4.42. The zero-order chi connectivity index (χ0) is 26.6. The Balaban J connectivity index is 1.33. The van der Waals surface area contributed by atoms with Crippen LogP contribution >= 0.6 is 8.38 Å². The molecule has 0 unspecified atom stereocenters. The molecule has 0 aliphatic heterocycles. The minimum Gasteiger partial charge on any atom is -0.491 e. The first-order valence-electron chi connectivity index (χ1n) is 11.9. The van der Waals surface area contributed by atoms with Crippen LogP contribution in [0.4, 0.5) is 14.6 Å². The number of aryl methyl sites for hydroxylation is 4. The predicted octanol–water partition coefficient (Wildman–Crippen LogP) is 5.44. The number of alkyl halides is 2. The van der Waals surface area contributed by atoms with Crippen LogP contribution in [0.15, 0.2) is 48.7 Å². The van der Waals surface area contributed by atoms with E-state index in [1.807, 2.05) is 44.3 Å². The molecule has 4 aromatic rings. The molecule has 0 radical (unpaired) electrons. The Morgan fingerprint density at radius 2 is 1.78 bits per heavy atom. The van der Waals surface area contributed by atoms with Crippen molar-refractivity contribution < 1.29 is 28.0 Å². The number of nitrogens with zero attached hydrogens (tertiary/aromatic N) is 2. The van der Waals surface area contributed by atoms with Crippen LogP contribution in [-0.2, 0) is 17.6 Å². The van der Waals surface area contributed by atoms with E-state index in [2.05, 4.69) is 28.2 Å². The van der Waals surface area contributed by atoms with Crippen molar-refractivity contribution in [2.24, 2.45) is 0 Å². The van der Waals surface area contributed by atoms with Gasteiger partial charge in [-0.05, 0) is 73.2 Å². The minimum atomic E-state index is -3.52. The van der Waals surface area contributed by atoms with Gasteiger partial charge in [-0.2, -0.15) is 8.78 Å². The van der Waals surface area contributed by atoms with Crippen molar-refractivity contribution in [3.63, 3.8) is 0 Å². The molecular formula is C27H30F2N3O4P. The largest absolute Gasteiger partial charge is 0.491 e. The Morgan fingerprint density at radius 3 is 2.54 bits per heavy atom. The van der Waals surface area contributed by atoms with Crippen LogP contribution in [0, 0.1) is 13.8 Å². The van der Waals surface area contributed by atoms with Gasteiger partial charge in [-0.3, -0.25) is 4.98 Å². The van der Waals surface area contributed by atoms with Crippen molar-refractivity contribution in [1.29, 1.82) is 0 Å². The second-order valence-electron chi connectivity index (χ2n) is 9.01. The van der Waals surface area contributed by atoms with E-state index in [1.54, 1.807) is 0 Å². The predicted molar refractivity (Wildman–Crippen MR) is 142 cm³/mol. The lowest BCUT2D eigenvalue weighted by Crippen LogP contribution is -2.17. The quantitative estimate of drug-likeness (QED) is 0.135. The fraction of sp³-hybridized carbons (Fsp3) is 0.333. The molecule has 0 spiro atoms. The van der Waals surface area contributed by atoms with E-state index < -0.39 is 20.5 Å². The Bertz CT molecular complexity index is 1400. The molecule has 0 aliphatic rings. The molecule has 7 nitrogen and oxygen atoms in total. The van der Waals surface area contributed by atoms with Gasteiger partial charge in [0.25, 0.3) is 0 Å². The highest BCUT2D eigenvalue weighted by Gasteiger charge is 2.38. The maximum atomic E-state index is 13.1. The van der Waals surface area contributed by atoms with Crippen LogP contribution in [0.3, 0.4) is 0 Å². The Labute approximate surface area is 215 Å². The number of aromatic nitrogens is 2. The Kier molecular flexibility index (Phi) is 8.49. The summed E-state index contributed by atoms with van der Waals surface area (Å²) in [5.41, 5.74) is 8.72. The number of hydrogen-bond donors (Lipinski definition) is 3. The van der Waals surface area contributed by atoms with E-state index >= 15 is 0 Å². The summed E-state index contributed by atoms with van der Waals surface area (Å²) in [7, 11) is -3.30. The molecule has 10 heteroatoms. The second-order valence-corrected chi connectivity index (χ2v) is 10.2. The average molecular weight is 530 g/mol. The standard InChI is InChI=1S/C27H30F2N3O4P/c1-17-3-8-22-23-15-19(16-31-25(23)26(30)32-24(22)13-17)4-5-20-6-7-21(14-18(20)2)36-12-11-35-10-9-27(28,29)37(33)34/h3,6-8,13-16,33-34H,4-5,9-12H2,1-2H3,(H2,30,32). The third-order valence-corrected chi connectivity index (χ3v) is 7.01. The summed E-state index contributed by atoms with van der Waals surface area (Å²) >= 11 is 0. The number of ether oxygens (including phenoxy) is 2. The first kappa shape index (κ1) is 27.1. The Morgan fingerprint density at radius 1 is 0.973 bits per heavy atom. The maximum Gasteiger partial charge on any atom is 0.316 e. The summed E-state index contributed by atoms with van der Waals surface area (Å²) in [5.74, 6) is 1.10. The monoisotopic (exact) mass is 529 g/mol. The number of nitrogen functional groups attached to an aromatic ring is 1. The van der Waals surface area contributed by atoms with E-state index in [9.17, 15) is 8.78 Å². The number of rotatable bonds is 11. The normalized spacial score (nSPS) is 12.1. The van der Waals surface area contributed by atoms with E-state index in [-0.39, 0.29) is 19.8 Å². The van der Waals surface area contributed by atoms with Crippen molar-refractivity contribution in [1.82, 2.24) is 9.97 Å². The molecule has 4 rings (SSSR count). The summed E-state index contributed by atoms with van der Waals surface area (Å²) in [4.78, 5) is 26.4. The van der Waals surface area contributed by atoms with Gasteiger partial charge in [0.05, 0.1) is 18.7 Å². The number of fused-ring (bicyclic) bond motifs is 3. The molecule has 0 saturated heterocycles. The van der Waals surface area contributed by atoms with Gasteiger partial charge < -0.3 is 25.0 Å². The van der Waals surface area contributed by atoms with E-state index in [0.717, 1.165) is 45.8 Å². The van der Waals surface area contributed by atoms with Gasteiger partial charge in [0, 0.05) is 23.4 Å². The number of anilines is 1. The zero-order valence-corrected chi connectivity index (χ0v) is 21.6. The second kappa shape index (κ2) is 11.6. The number of pyridine rings is 2. The van der Waals surface area contributed by atoms with Crippen LogP contribution in [0.5, 0.6) is 5.75 Å². The molecule has 2 aromatic heterocycles. The number of nitrogens with two attached hydrogens (primary N) is 1. The number of hydrogen-bond acceptors (Lipinski definition) is 7. The van der Waals surface area contributed by atoms with Crippen molar-refractivity contribution >= 4 is 36.0 Å². The van der Waals surface area contributed by atoms with Crippen molar-refractivity contribution in [3.05, 3.63) is 70.9 Å². The lowest BCUT2D eigenvalue weighted by atomic mass is 9.99. The van der Waals surface area contributed by atoms with Crippen LogP contribution in [0.2, 0.25) is 0 Å². The van der Waals surface area contributed by atoms with Crippen LogP contribution in [-0.4, -0.2) is 45.2 Å². The summed E-state index contributed by atoms with van der Waals surface area (Å²) in [5, 5.41) is 2.03. The van der Waals surface area contributed by atoms with Gasteiger partial charge in [0.2, 0.25) is 8.38 Å². The smallest absolute Gasteiger partial charge is 0.316 e. The highest BCUT2D eigenvalue weighted by molar-refractivity contribution is 7.46. The maximum absolute atomic E-state index is 13.1. The molecule has 37 heavy (non-hydrogen) atoms. The van der Waals surface area contributed by atoms with Gasteiger partial charge in [0.15, 0.2) is 5.82 Å². The van der Waals surface area contributed by atoms with Crippen LogP contribution in [0.25, 0.3) is 21.8 Å². The third-order valence-electron chi connectivity index (χ3n) is 6.20. The highest BCUT2D eigenvalue weighted by Crippen LogP contribution is 2.47. The third kappa shape index (κ3) is 6.67. The average Bonchev–Trinajstić information content (AvgIpc) is 2.85. The molecule has 4 N–H and O–H groups in total. The topological polar surface area (TPSA) is 111 Å².